The molecule has 8 nitrogen and oxygen atoms in total. The molecular weight excluding hydrogens is 392 g/mol. The van der Waals surface area contributed by atoms with Crippen LogP contribution in [-0.2, 0) is 19.0 Å². The second-order valence-corrected chi connectivity index (χ2v) is 7.99. The zero-order valence-electron chi connectivity index (χ0n) is 16.4. The van der Waals surface area contributed by atoms with Gasteiger partial charge in [-0.3, -0.25) is 14.4 Å². The van der Waals surface area contributed by atoms with Crippen LogP contribution in [0, 0.1) is 0 Å². The number of ether oxygens (including phenoxy) is 3. The van der Waals surface area contributed by atoms with Crippen LogP contribution < -0.4 is 0 Å². The van der Waals surface area contributed by atoms with E-state index in [-0.39, 0.29) is 34.4 Å². The number of carbonyl (C=O) groups excluding carboxylic acids is 3. The molecular formula is C22H20O8. The Hall–Kier alpha value is -2.97. The topological polar surface area (TPSA) is 119 Å². The van der Waals surface area contributed by atoms with Crippen LogP contribution in [0.1, 0.15) is 53.0 Å². The first-order valence-corrected chi connectivity index (χ1v) is 9.87. The molecule has 1 aromatic rings. The number of rotatable bonds is 1. The van der Waals surface area contributed by atoms with Gasteiger partial charge in [0, 0.05) is 16.7 Å². The van der Waals surface area contributed by atoms with E-state index >= 15 is 0 Å². The minimum Gasteiger partial charge on any atom is -0.507 e. The highest BCUT2D eigenvalue weighted by Gasteiger charge is 2.52. The Balaban J connectivity index is 1.70. The number of carbonyl (C=O) groups is 3. The highest BCUT2D eigenvalue weighted by Crippen LogP contribution is 2.44. The second-order valence-electron chi connectivity index (χ2n) is 7.99. The average molecular weight is 412 g/mol. The standard InChI is InChI=1S/C22H20O8/c1-8-11(23)5-6-13(28-8)10-3-4-12(24)18-17(10)21(27)19-16(20(18)26)9(2)29-14-7-15(25)30-22(14)19/h3-4,6,8-9,11,14,22-24H,5,7H2,1-2H3/t8?,9-,11?,14-,22+/m1/s1. The Morgan fingerprint density at radius 1 is 1.00 bits per heavy atom. The van der Waals surface area contributed by atoms with Gasteiger partial charge < -0.3 is 24.4 Å². The van der Waals surface area contributed by atoms with Crippen LogP contribution in [0.25, 0.3) is 5.76 Å². The summed E-state index contributed by atoms with van der Waals surface area (Å²) in [5.74, 6) is -1.48. The van der Waals surface area contributed by atoms with Gasteiger partial charge in [-0.25, -0.2) is 0 Å². The van der Waals surface area contributed by atoms with Crippen molar-refractivity contribution in [3.05, 3.63) is 46.0 Å². The number of hydrogen-bond acceptors (Lipinski definition) is 8. The quantitative estimate of drug-likeness (QED) is 0.669. The van der Waals surface area contributed by atoms with Gasteiger partial charge in [-0.2, -0.15) is 0 Å². The largest absolute Gasteiger partial charge is 0.507 e. The minimum atomic E-state index is -0.953. The Labute approximate surface area is 171 Å². The monoisotopic (exact) mass is 412 g/mol. The Kier molecular flexibility index (Phi) is 4.13. The van der Waals surface area contributed by atoms with E-state index in [0.29, 0.717) is 17.7 Å². The predicted octanol–water partition coefficient (Wildman–Crippen LogP) is 1.68. The molecule has 0 amide bonds. The van der Waals surface area contributed by atoms with Gasteiger partial charge in [0.25, 0.3) is 0 Å². The normalized spacial score (nSPS) is 32.7. The first-order valence-electron chi connectivity index (χ1n) is 9.87. The van der Waals surface area contributed by atoms with E-state index in [1.54, 1.807) is 19.9 Å². The molecule has 5 atom stereocenters. The molecule has 3 heterocycles. The lowest BCUT2D eigenvalue weighted by molar-refractivity contribution is -0.140. The van der Waals surface area contributed by atoms with Gasteiger partial charge in [0.1, 0.15) is 23.7 Å². The molecule has 8 heteroatoms. The minimum absolute atomic E-state index is 0.0106. The summed E-state index contributed by atoms with van der Waals surface area (Å²) in [6.45, 7) is 3.35. The molecule has 5 rings (SSSR count). The van der Waals surface area contributed by atoms with Crippen LogP contribution in [0.4, 0.5) is 0 Å². The third kappa shape index (κ3) is 2.57. The maximum absolute atomic E-state index is 13.7. The van der Waals surface area contributed by atoms with Gasteiger partial charge in [0.2, 0.25) is 0 Å². The molecule has 1 fully saturated rings. The molecule has 0 radical (unpaired) electrons. The summed E-state index contributed by atoms with van der Waals surface area (Å²) < 4.78 is 16.9. The van der Waals surface area contributed by atoms with Crippen LogP contribution in [0.5, 0.6) is 5.75 Å². The van der Waals surface area contributed by atoms with E-state index in [2.05, 4.69) is 0 Å². The van der Waals surface area contributed by atoms with E-state index in [1.165, 1.54) is 12.1 Å². The Bertz CT molecular complexity index is 1070. The van der Waals surface area contributed by atoms with E-state index in [1.807, 2.05) is 0 Å². The van der Waals surface area contributed by atoms with E-state index in [9.17, 15) is 24.6 Å². The molecule has 0 spiro atoms. The maximum Gasteiger partial charge on any atom is 0.309 e. The van der Waals surface area contributed by atoms with Crippen LogP contribution >= 0.6 is 0 Å². The van der Waals surface area contributed by atoms with Crippen molar-refractivity contribution >= 4 is 23.3 Å². The van der Waals surface area contributed by atoms with E-state index in [4.69, 9.17) is 14.2 Å². The lowest BCUT2D eigenvalue weighted by Gasteiger charge is -2.36. The summed E-state index contributed by atoms with van der Waals surface area (Å²) in [5.41, 5.74) is 0.477. The number of aromatic hydroxyl groups is 1. The van der Waals surface area contributed by atoms with Crippen LogP contribution in [-0.4, -0.2) is 58.3 Å². The van der Waals surface area contributed by atoms with Crippen molar-refractivity contribution in [1.82, 2.24) is 0 Å². The smallest absolute Gasteiger partial charge is 0.309 e. The SMILES string of the molecule is CC1OC(c2ccc(O)c3c2C(=O)C2=C(C3=O)[C@@H](C)O[C@@H]3CC(=O)O[C@H]23)=CCC1O. The molecule has 3 aliphatic heterocycles. The fourth-order valence-electron chi connectivity index (χ4n) is 4.61. The molecule has 0 saturated carbocycles. The fourth-order valence-corrected chi connectivity index (χ4v) is 4.61. The van der Waals surface area contributed by atoms with E-state index < -0.39 is 48.1 Å². The van der Waals surface area contributed by atoms with Gasteiger partial charge in [0.15, 0.2) is 17.7 Å². The van der Waals surface area contributed by atoms with E-state index in [0.717, 1.165) is 0 Å². The van der Waals surface area contributed by atoms with Gasteiger partial charge in [-0.1, -0.05) is 0 Å². The summed E-state index contributed by atoms with van der Waals surface area (Å²) in [6.07, 6.45) is -1.49. The van der Waals surface area contributed by atoms with Crippen LogP contribution in [0.2, 0.25) is 0 Å². The molecule has 2 N–H and O–H groups in total. The molecule has 156 valence electrons. The van der Waals surface area contributed by atoms with Crippen LogP contribution in [0.15, 0.2) is 29.4 Å². The first kappa shape index (κ1) is 19.0. The summed E-state index contributed by atoms with van der Waals surface area (Å²) in [5, 5.41) is 20.4. The number of phenolic OH excluding ortho intramolecular Hbond substituents is 1. The summed E-state index contributed by atoms with van der Waals surface area (Å²) >= 11 is 0. The number of fused-ring (bicyclic) bond motifs is 3. The highest BCUT2D eigenvalue weighted by atomic mass is 16.6. The van der Waals surface area contributed by atoms with Crippen molar-refractivity contribution in [1.29, 1.82) is 0 Å². The zero-order chi connectivity index (χ0) is 21.3. The van der Waals surface area contributed by atoms with Crippen molar-refractivity contribution in [2.45, 2.75) is 57.2 Å². The van der Waals surface area contributed by atoms with Crippen molar-refractivity contribution in [3.8, 4) is 5.75 Å². The molecule has 1 saturated heterocycles. The maximum atomic E-state index is 13.7. The van der Waals surface area contributed by atoms with Crippen LogP contribution in [0.3, 0.4) is 0 Å². The lowest BCUT2D eigenvalue weighted by atomic mass is 9.75. The summed E-state index contributed by atoms with van der Waals surface area (Å²) in [7, 11) is 0. The third-order valence-electron chi connectivity index (χ3n) is 6.12. The number of esters is 1. The number of hydrogen-bond donors (Lipinski definition) is 2. The van der Waals surface area contributed by atoms with Gasteiger partial charge in [0.05, 0.1) is 29.8 Å². The fraction of sp³-hybridized carbons (Fsp3) is 0.409. The molecule has 1 aromatic carbocycles. The zero-order valence-corrected chi connectivity index (χ0v) is 16.4. The number of phenols is 1. The summed E-state index contributed by atoms with van der Waals surface area (Å²) in [4.78, 5) is 38.9. The number of Topliss-reactive ketones (excluding diaryl/α,β-unsaturated/α-hetero) is 2. The van der Waals surface area contributed by atoms with Crippen molar-refractivity contribution < 1.29 is 38.8 Å². The highest BCUT2D eigenvalue weighted by molar-refractivity contribution is 6.30. The number of benzene rings is 1. The second kappa shape index (κ2) is 6.52. The van der Waals surface area contributed by atoms with Gasteiger partial charge in [-0.15, -0.1) is 0 Å². The predicted molar refractivity (Wildman–Crippen MR) is 102 cm³/mol. The number of aliphatic hydroxyl groups is 1. The lowest BCUT2D eigenvalue weighted by Crippen LogP contribution is -2.44. The Morgan fingerprint density at radius 3 is 2.47 bits per heavy atom. The molecule has 1 aliphatic carbocycles. The van der Waals surface area contributed by atoms with Crippen molar-refractivity contribution in [3.63, 3.8) is 0 Å². The first-order chi connectivity index (χ1) is 14.3. The molecule has 0 bridgehead atoms. The van der Waals surface area contributed by atoms with Gasteiger partial charge >= 0.3 is 5.97 Å². The average Bonchev–Trinajstić information content (AvgIpc) is 3.07. The van der Waals surface area contributed by atoms with Gasteiger partial charge in [-0.05, 0) is 38.5 Å². The molecule has 4 aliphatic rings. The number of ketones is 2. The Morgan fingerprint density at radius 2 is 1.73 bits per heavy atom. The number of aliphatic hydroxyl groups excluding tert-OH is 1. The third-order valence-corrected chi connectivity index (χ3v) is 6.12. The molecule has 2 unspecified atom stereocenters. The summed E-state index contributed by atoms with van der Waals surface area (Å²) in [6, 6.07) is 2.86. The van der Waals surface area contributed by atoms with Crippen molar-refractivity contribution in [2.75, 3.05) is 0 Å². The molecule has 0 aromatic heterocycles. The molecule has 30 heavy (non-hydrogen) atoms. The van der Waals surface area contributed by atoms with Crippen molar-refractivity contribution in [2.24, 2.45) is 0 Å².